The molecule has 0 aromatic heterocycles. The zero-order valence-corrected chi connectivity index (χ0v) is 19.4. The van der Waals surface area contributed by atoms with Gasteiger partial charge >= 0.3 is 0 Å². The van der Waals surface area contributed by atoms with Gasteiger partial charge in [0.05, 0.1) is 11.4 Å². The van der Waals surface area contributed by atoms with Gasteiger partial charge in [0.2, 0.25) is 15.9 Å². The van der Waals surface area contributed by atoms with E-state index < -0.39 is 15.9 Å². The van der Waals surface area contributed by atoms with Crippen molar-refractivity contribution in [1.29, 1.82) is 0 Å². The third kappa shape index (κ3) is 6.08. The van der Waals surface area contributed by atoms with Crippen molar-refractivity contribution in [3.63, 3.8) is 0 Å². The monoisotopic (exact) mass is 476 g/mol. The van der Waals surface area contributed by atoms with Crippen LogP contribution in [0.2, 0.25) is 10.0 Å². The maximum Gasteiger partial charge on any atom is 0.243 e. The third-order valence-electron chi connectivity index (χ3n) is 4.68. The molecular formula is C23H22Cl2N2O3S. The predicted molar refractivity (Wildman–Crippen MR) is 125 cm³/mol. The number of rotatable bonds is 7. The average molecular weight is 477 g/mol. The number of benzene rings is 3. The van der Waals surface area contributed by atoms with Gasteiger partial charge in [-0.1, -0.05) is 53.0 Å². The van der Waals surface area contributed by atoms with E-state index in [1.165, 1.54) is 24.3 Å². The largest absolute Gasteiger partial charge is 0.325 e. The summed E-state index contributed by atoms with van der Waals surface area (Å²) in [7, 11) is -3.96. The molecule has 5 nitrogen and oxygen atoms in total. The molecule has 1 N–H and O–H groups in total. The molecule has 8 heteroatoms. The lowest BCUT2D eigenvalue weighted by molar-refractivity contribution is -0.116. The lowest BCUT2D eigenvalue weighted by Gasteiger charge is -2.22. The summed E-state index contributed by atoms with van der Waals surface area (Å²) in [4.78, 5) is 12.8. The van der Waals surface area contributed by atoms with Crippen molar-refractivity contribution in [2.45, 2.75) is 25.3 Å². The zero-order valence-electron chi connectivity index (χ0n) is 17.1. The lowest BCUT2D eigenvalue weighted by Crippen LogP contribution is -2.37. The number of hydrogen-bond acceptors (Lipinski definition) is 3. The van der Waals surface area contributed by atoms with Gasteiger partial charge in [-0.05, 0) is 67.4 Å². The van der Waals surface area contributed by atoms with Crippen LogP contribution < -0.4 is 5.32 Å². The summed E-state index contributed by atoms with van der Waals surface area (Å²) in [6.45, 7) is 3.48. The Kier molecular flexibility index (Phi) is 7.38. The van der Waals surface area contributed by atoms with E-state index in [2.05, 4.69) is 5.32 Å². The predicted octanol–water partition coefficient (Wildman–Crippen LogP) is 5.44. The Hall–Kier alpha value is -2.38. The highest BCUT2D eigenvalue weighted by molar-refractivity contribution is 7.89. The number of sulfonamides is 1. The fraction of sp³-hybridized carbons (Fsp3) is 0.174. The molecule has 3 rings (SSSR count). The Morgan fingerprint density at radius 2 is 1.65 bits per heavy atom. The van der Waals surface area contributed by atoms with Gasteiger partial charge in [0.15, 0.2) is 0 Å². The molecule has 0 atom stereocenters. The summed E-state index contributed by atoms with van der Waals surface area (Å²) >= 11 is 12.0. The highest BCUT2D eigenvalue weighted by Gasteiger charge is 2.27. The molecule has 162 valence electrons. The fourth-order valence-corrected chi connectivity index (χ4v) is 4.85. The minimum Gasteiger partial charge on any atom is -0.325 e. The molecule has 0 radical (unpaired) electrons. The van der Waals surface area contributed by atoms with E-state index in [9.17, 15) is 13.2 Å². The van der Waals surface area contributed by atoms with Crippen LogP contribution in [-0.4, -0.2) is 25.2 Å². The van der Waals surface area contributed by atoms with Crippen molar-refractivity contribution >= 4 is 44.8 Å². The van der Waals surface area contributed by atoms with Gasteiger partial charge in [-0.3, -0.25) is 4.79 Å². The third-order valence-corrected chi connectivity index (χ3v) is 6.97. The van der Waals surface area contributed by atoms with E-state index >= 15 is 0 Å². The minimum atomic E-state index is -3.96. The van der Waals surface area contributed by atoms with Gasteiger partial charge < -0.3 is 5.32 Å². The first kappa shape index (κ1) is 23.3. The molecule has 0 saturated carbocycles. The van der Waals surface area contributed by atoms with E-state index in [0.717, 1.165) is 15.4 Å². The SMILES string of the molecule is Cc1ccc(NC(=O)CN(Cc2cccc(Cl)c2)S(=O)(=O)c2ccc(Cl)cc2)c(C)c1. The van der Waals surface area contributed by atoms with Gasteiger partial charge in [-0.2, -0.15) is 4.31 Å². The molecule has 1 amide bonds. The molecule has 0 unspecified atom stereocenters. The van der Waals surface area contributed by atoms with Crippen LogP contribution in [0.4, 0.5) is 5.69 Å². The number of nitrogens with zero attached hydrogens (tertiary/aromatic N) is 1. The molecule has 0 fully saturated rings. The van der Waals surface area contributed by atoms with Gasteiger partial charge in [-0.15, -0.1) is 0 Å². The van der Waals surface area contributed by atoms with Crippen molar-refractivity contribution in [3.05, 3.63) is 93.5 Å². The number of halogens is 2. The smallest absolute Gasteiger partial charge is 0.243 e. The number of carbonyl (C=O) groups is 1. The molecule has 0 aliphatic carbocycles. The standard InChI is InChI=1S/C23H22Cl2N2O3S/c1-16-6-11-22(17(2)12-16)26-23(28)15-27(14-18-4-3-5-20(25)13-18)31(29,30)21-9-7-19(24)8-10-21/h3-13H,14-15H2,1-2H3,(H,26,28). The number of nitrogens with one attached hydrogen (secondary N) is 1. The van der Waals surface area contributed by atoms with Crippen LogP contribution in [0.3, 0.4) is 0 Å². The molecule has 31 heavy (non-hydrogen) atoms. The normalized spacial score (nSPS) is 11.5. The number of amides is 1. The van der Waals surface area contributed by atoms with E-state index in [0.29, 0.717) is 21.3 Å². The quantitative estimate of drug-likeness (QED) is 0.493. The van der Waals surface area contributed by atoms with Gasteiger partial charge in [0.1, 0.15) is 0 Å². The number of anilines is 1. The number of hydrogen-bond donors (Lipinski definition) is 1. The van der Waals surface area contributed by atoms with Crippen LogP contribution in [0.5, 0.6) is 0 Å². The zero-order chi connectivity index (χ0) is 22.6. The highest BCUT2D eigenvalue weighted by atomic mass is 35.5. The van der Waals surface area contributed by atoms with Crippen LogP contribution in [0, 0.1) is 13.8 Å². The molecule has 3 aromatic carbocycles. The maximum atomic E-state index is 13.3. The Labute approximate surface area is 192 Å². The summed E-state index contributed by atoms with van der Waals surface area (Å²) in [5.41, 5.74) is 3.28. The second-order valence-electron chi connectivity index (χ2n) is 7.22. The van der Waals surface area contributed by atoms with Crippen LogP contribution in [0.15, 0.2) is 71.6 Å². The molecule has 0 heterocycles. The fourth-order valence-electron chi connectivity index (χ4n) is 3.12. The Balaban J connectivity index is 1.89. The van der Waals surface area contributed by atoms with Gasteiger partial charge in [-0.25, -0.2) is 8.42 Å². The van der Waals surface area contributed by atoms with Crippen LogP contribution in [0.1, 0.15) is 16.7 Å². The van der Waals surface area contributed by atoms with Gasteiger partial charge in [0, 0.05) is 22.3 Å². The van der Waals surface area contributed by atoms with E-state index in [1.54, 1.807) is 30.3 Å². The number of aryl methyl sites for hydroxylation is 2. The molecule has 0 spiro atoms. The molecule has 0 aliphatic rings. The first-order chi connectivity index (χ1) is 14.6. The summed E-state index contributed by atoms with van der Waals surface area (Å²) in [6.07, 6.45) is 0. The Morgan fingerprint density at radius 3 is 2.29 bits per heavy atom. The number of carbonyl (C=O) groups excluding carboxylic acids is 1. The van der Waals surface area contributed by atoms with Crippen LogP contribution in [0.25, 0.3) is 0 Å². The van der Waals surface area contributed by atoms with Crippen molar-refractivity contribution in [3.8, 4) is 0 Å². The van der Waals surface area contributed by atoms with Crippen LogP contribution >= 0.6 is 23.2 Å². The summed E-state index contributed by atoms with van der Waals surface area (Å²) in [6, 6.07) is 18.4. The average Bonchev–Trinajstić information content (AvgIpc) is 2.70. The lowest BCUT2D eigenvalue weighted by atomic mass is 10.1. The minimum absolute atomic E-state index is 0.00812. The van der Waals surface area contributed by atoms with Crippen molar-refractivity contribution < 1.29 is 13.2 Å². The molecule has 0 bridgehead atoms. The molecule has 3 aromatic rings. The Bertz CT molecular complexity index is 1200. The topological polar surface area (TPSA) is 66.5 Å². The summed E-state index contributed by atoms with van der Waals surface area (Å²) < 4.78 is 27.7. The molecular weight excluding hydrogens is 455 g/mol. The van der Waals surface area contributed by atoms with E-state index in [4.69, 9.17) is 23.2 Å². The van der Waals surface area contributed by atoms with Crippen LogP contribution in [-0.2, 0) is 21.4 Å². The second kappa shape index (κ2) is 9.83. The maximum absolute atomic E-state index is 13.3. The summed E-state index contributed by atoms with van der Waals surface area (Å²) in [5.74, 6) is -0.438. The highest BCUT2D eigenvalue weighted by Crippen LogP contribution is 2.22. The molecule has 0 aliphatic heterocycles. The summed E-state index contributed by atoms with van der Waals surface area (Å²) in [5, 5.41) is 3.72. The molecule has 0 saturated heterocycles. The first-order valence-electron chi connectivity index (χ1n) is 9.52. The van der Waals surface area contributed by atoms with Crippen molar-refractivity contribution in [2.24, 2.45) is 0 Å². The van der Waals surface area contributed by atoms with Crippen molar-refractivity contribution in [1.82, 2.24) is 4.31 Å². The van der Waals surface area contributed by atoms with Gasteiger partial charge in [0.25, 0.3) is 0 Å². The first-order valence-corrected chi connectivity index (χ1v) is 11.7. The Morgan fingerprint density at radius 1 is 0.935 bits per heavy atom. The second-order valence-corrected chi connectivity index (χ2v) is 10.0. The van der Waals surface area contributed by atoms with Crippen molar-refractivity contribution in [2.75, 3.05) is 11.9 Å². The van der Waals surface area contributed by atoms with E-state index in [-0.39, 0.29) is 18.0 Å². The van der Waals surface area contributed by atoms with E-state index in [1.807, 2.05) is 26.0 Å².